The predicted molar refractivity (Wildman–Crippen MR) is 69.8 cm³/mol. The molecular weight excluding hydrogens is 246 g/mol. The van der Waals surface area contributed by atoms with Crippen molar-refractivity contribution in [1.29, 1.82) is 0 Å². The molecule has 2 saturated heterocycles. The molecule has 3 unspecified atom stereocenters. The van der Waals surface area contributed by atoms with Crippen LogP contribution in [0, 0.1) is 0 Å². The zero-order valence-electron chi connectivity index (χ0n) is 11.5. The number of hydrogen-bond acceptors (Lipinski definition) is 3. The van der Waals surface area contributed by atoms with Crippen LogP contribution in [-0.4, -0.2) is 46.7 Å². The Morgan fingerprint density at radius 3 is 2.53 bits per heavy atom. The highest BCUT2D eigenvalue weighted by molar-refractivity contribution is 5.83. The van der Waals surface area contributed by atoms with Crippen molar-refractivity contribution in [2.45, 2.75) is 70.1 Å². The maximum absolute atomic E-state index is 12.5. The summed E-state index contributed by atoms with van der Waals surface area (Å²) in [6, 6.07) is 0.294. The van der Waals surface area contributed by atoms with Crippen molar-refractivity contribution in [3.8, 4) is 0 Å². The number of aliphatic carboxylic acids is 1. The molecule has 2 fully saturated rings. The second-order valence-corrected chi connectivity index (χ2v) is 5.47. The van der Waals surface area contributed by atoms with Crippen LogP contribution in [0.15, 0.2) is 0 Å². The Labute approximate surface area is 113 Å². The molecule has 0 radical (unpaired) electrons. The molecule has 0 saturated carbocycles. The zero-order chi connectivity index (χ0) is 13.8. The molecule has 108 valence electrons. The smallest absolute Gasteiger partial charge is 0.332 e. The van der Waals surface area contributed by atoms with Crippen LogP contribution in [-0.2, 0) is 14.3 Å². The molecule has 2 aliphatic heterocycles. The minimum absolute atomic E-state index is 0.00231. The predicted octanol–water partition coefficient (Wildman–Crippen LogP) is 1.80. The highest BCUT2D eigenvalue weighted by Crippen LogP contribution is 2.26. The first-order valence-corrected chi connectivity index (χ1v) is 7.32. The summed E-state index contributed by atoms with van der Waals surface area (Å²) in [6.45, 7) is 2.89. The Morgan fingerprint density at radius 1 is 1.16 bits per heavy atom. The third kappa shape index (κ3) is 3.26. The summed E-state index contributed by atoms with van der Waals surface area (Å²) in [5.74, 6) is -0.962. The van der Waals surface area contributed by atoms with Gasteiger partial charge in [0, 0.05) is 12.6 Å². The van der Waals surface area contributed by atoms with E-state index in [-0.39, 0.29) is 5.91 Å². The summed E-state index contributed by atoms with van der Waals surface area (Å²) in [6.07, 6.45) is 5.01. The number of amides is 1. The van der Waals surface area contributed by atoms with Crippen LogP contribution in [0.3, 0.4) is 0 Å². The molecule has 2 heterocycles. The van der Waals surface area contributed by atoms with Gasteiger partial charge in [-0.05, 0) is 32.1 Å². The largest absolute Gasteiger partial charge is 0.479 e. The van der Waals surface area contributed by atoms with Crippen molar-refractivity contribution in [2.24, 2.45) is 0 Å². The number of carboxylic acids is 1. The normalized spacial score (nSPS) is 32.1. The number of carbonyl (C=O) groups is 2. The molecule has 2 rings (SSSR count). The van der Waals surface area contributed by atoms with Crippen LogP contribution in [0.2, 0.25) is 0 Å². The first-order valence-electron chi connectivity index (χ1n) is 7.32. The SMILES string of the molecule is CCC1CCCCCN1C(=O)C1CCC(C(=O)O)O1. The molecule has 5 nitrogen and oxygen atoms in total. The second kappa shape index (κ2) is 6.37. The molecular formula is C14H23NO4. The van der Waals surface area contributed by atoms with Gasteiger partial charge in [0.1, 0.15) is 6.10 Å². The third-order valence-electron chi connectivity index (χ3n) is 4.20. The van der Waals surface area contributed by atoms with Gasteiger partial charge in [-0.2, -0.15) is 0 Å². The fraction of sp³-hybridized carbons (Fsp3) is 0.857. The lowest BCUT2D eigenvalue weighted by molar-refractivity contribution is -0.155. The van der Waals surface area contributed by atoms with Crippen LogP contribution in [0.1, 0.15) is 51.9 Å². The molecule has 0 aromatic heterocycles. The van der Waals surface area contributed by atoms with E-state index >= 15 is 0 Å². The maximum atomic E-state index is 12.5. The van der Waals surface area contributed by atoms with Crippen LogP contribution in [0.4, 0.5) is 0 Å². The molecule has 5 heteroatoms. The lowest BCUT2D eigenvalue weighted by Gasteiger charge is -2.31. The molecule has 0 aliphatic carbocycles. The molecule has 0 bridgehead atoms. The van der Waals surface area contributed by atoms with Crippen molar-refractivity contribution in [3.05, 3.63) is 0 Å². The highest BCUT2D eigenvalue weighted by Gasteiger charge is 2.38. The first kappa shape index (κ1) is 14.3. The summed E-state index contributed by atoms with van der Waals surface area (Å²) in [5.41, 5.74) is 0. The molecule has 0 spiro atoms. The van der Waals surface area contributed by atoms with Crippen molar-refractivity contribution in [2.75, 3.05) is 6.54 Å². The molecule has 1 amide bonds. The molecule has 0 aromatic rings. The minimum Gasteiger partial charge on any atom is -0.479 e. The molecule has 1 N–H and O–H groups in total. The van der Waals surface area contributed by atoms with Crippen LogP contribution in [0.25, 0.3) is 0 Å². The van der Waals surface area contributed by atoms with Gasteiger partial charge in [-0.3, -0.25) is 4.79 Å². The highest BCUT2D eigenvalue weighted by atomic mass is 16.5. The van der Waals surface area contributed by atoms with E-state index in [1.165, 1.54) is 12.8 Å². The topological polar surface area (TPSA) is 66.8 Å². The summed E-state index contributed by atoms with van der Waals surface area (Å²) < 4.78 is 5.38. The van der Waals surface area contributed by atoms with E-state index in [4.69, 9.17) is 9.84 Å². The third-order valence-corrected chi connectivity index (χ3v) is 4.20. The lowest BCUT2D eigenvalue weighted by atomic mass is 10.1. The number of rotatable bonds is 3. The first-order chi connectivity index (χ1) is 9.13. The van der Waals surface area contributed by atoms with E-state index in [9.17, 15) is 9.59 Å². The van der Waals surface area contributed by atoms with Crippen molar-refractivity contribution < 1.29 is 19.4 Å². The van der Waals surface area contributed by atoms with Crippen LogP contribution < -0.4 is 0 Å². The number of carbonyl (C=O) groups excluding carboxylic acids is 1. The Morgan fingerprint density at radius 2 is 1.89 bits per heavy atom. The van der Waals surface area contributed by atoms with E-state index in [0.29, 0.717) is 18.9 Å². The van der Waals surface area contributed by atoms with E-state index in [2.05, 4.69) is 6.92 Å². The Balaban J connectivity index is 1.99. The summed E-state index contributed by atoms with van der Waals surface area (Å²) in [5, 5.41) is 8.92. The van der Waals surface area contributed by atoms with Gasteiger partial charge < -0.3 is 14.7 Å². The standard InChI is InChI=1S/C14H23NO4/c1-2-10-6-4-3-5-9-15(10)13(16)11-7-8-12(19-11)14(17)18/h10-12H,2-9H2,1H3,(H,17,18). The lowest BCUT2D eigenvalue weighted by Crippen LogP contribution is -2.45. The number of carboxylic acid groups (broad SMARTS) is 1. The fourth-order valence-corrected chi connectivity index (χ4v) is 3.08. The van der Waals surface area contributed by atoms with Gasteiger partial charge in [-0.15, -0.1) is 0 Å². The van der Waals surface area contributed by atoms with Gasteiger partial charge >= 0.3 is 5.97 Å². The number of ether oxygens (including phenoxy) is 1. The van der Waals surface area contributed by atoms with Gasteiger partial charge in [0.05, 0.1) is 0 Å². The average molecular weight is 269 g/mol. The molecule has 3 atom stereocenters. The maximum Gasteiger partial charge on any atom is 0.332 e. The second-order valence-electron chi connectivity index (χ2n) is 5.47. The van der Waals surface area contributed by atoms with Crippen LogP contribution in [0.5, 0.6) is 0 Å². The van der Waals surface area contributed by atoms with Crippen molar-refractivity contribution >= 4 is 11.9 Å². The number of nitrogens with zero attached hydrogens (tertiary/aromatic N) is 1. The summed E-state index contributed by atoms with van der Waals surface area (Å²) >= 11 is 0. The Hall–Kier alpha value is -1.10. The number of likely N-dealkylation sites (tertiary alicyclic amines) is 1. The van der Waals surface area contributed by atoms with Gasteiger partial charge in [0.25, 0.3) is 5.91 Å². The van der Waals surface area contributed by atoms with E-state index < -0.39 is 18.2 Å². The van der Waals surface area contributed by atoms with Crippen molar-refractivity contribution in [3.63, 3.8) is 0 Å². The van der Waals surface area contributed by atoms with Gasteiger partial charge in [0.2, 0.25) is 0 Å². The van der Waals surface area contributed by atoms with Crippen LogP contribution >= 0.6 is 0 Å². The van der Waals surface area contributed by atoms with Gasteiger partial charge in [0.15, 0.2) is 6.10 Å². The van der Waals surface area contributed by atoms with E-state index in [0.717, 1.165) is 25.8 Å². The van der Waals surface area contributed by atoms with E-state index in [1.807, 2.05) is 4.90 Å². The number of hydrogen-bond donors (Lipinski definition) is 1. The Kier molecular flexibility index (Phi) is 4.80. The summed E-state index contributed by atoms with van der Waals surface area (Å²) in [7, 11) is 0. The summed E-state index contributed by atoms with van der Waals surface area (Å²) in [4.78, 5) is 25.3. The fourth-order valence-electron chi connectivity index (χ4n) is 3.08. The zero-order valence-corrected chi connectivity index (χ0v) is 11.5. The van der Waals surface area contributed by atoms with E-state index in [1.54, 1.807) is 0 Å². The quantitative estimate of drug-likeness (QED) is 0.848. The minimum atomic E-state index is -0.960. The molecule has 19 heavy (non-hydrogen) atoms. The van der Waals surface area contributed by atoms with Gasteiger partial charge in [-0.1, -0.05) is 19.8 Å². The van der Waals surface area contributed by atoms with Gasteiger partial charge in [-0.25, -0.2) is 4.79 Å². The van der Waals surface area contributed by atoms with Crippen molar-refractivity contribution in [1.82, 2.24) is 4.90 Å². The average Bonchev–Trinajstić information content (AvgIpc) is 2.77. The molecule has 2 aliphatic rings. The molecule has 0 aromatic carbocycles. The Bertz CT molecular complexity index is 344. The monoisotopic (exact) mass is 269 g/mol.